The van der Waals surface area contributed by atoms with E-state index in [1.807, 2.05) is 18.2 Å². The van der Waals surface area contributed by atoms with Gasteiger partial charge < -0.3 is 5.73 Å². The Morgan fingerprint density at radius 2 is 1.83 bits per heavy atom. The molecule has 1 nitrogen and oxygen atoms in total. The second-order valence-corrected chi connectivity index (χ2v) is 7.58. The van der Waals surface area contributed by atoms with Crippen molar-refractivity contribution in [1.29, 1.82) is 0 Å². The monoisotopic (exact) mass is 305 g/mol. The molecule has 2 N–H and O–H groups in total. The maximum atomic E-state index is 6.24. The van der Waals surface area contributed by atoms with Crippen molar-refractivity contribution in [1.82, 2.24) is 0 Å². The van der Waals surface area contributed by atoms with E-state index in [2.05, 4.69) is 27.7 Å². The molecule has 0 bridgehead atoms. The summed E-state index contributed by atoms with van der Waals surface area (Å²) in [4.78, 5) is 1.12. The number of halogens is 2. The van der Waals surface area contributed by atoms with Crippen molar-refractivity contribution < 1.29 is 0 Å². The van der Waals surface area contributed by atoms with Crippen LogP contribution in [-0.4, -0.2) is 11.3 Å². The molecule has 0 aliphatic heterocycles. The molecule has 18 heavy (non-hydrogen) atoms. The molecule has 1 aromatic rings. The number of rotatable bonds is 4. The van der Waals surface area contributed by atoms with E-state index in [9.17, 15) is 0 Å². The summed E-state index contributed by atoms with van der Waals surface area (Å²) in [5.41, 5.74) is 6.38. The van der Waals surface area contributed by atoms with Gasteiger partial charge in [0.2, 0.25) is 0 Å². The normalized spacial score (nSPS) is 15.5. The highest BCUT2D eigenvalue weighted by Gasteiger charge is 2.30. The Morgan fingerprint density at radius 1 is 1.22 bits per heavy atom. The molecule has 1 aromatic carbocycles. The minimum Gasteiger partial charge on any atom is -0.327 e. The minimum atomic E-state index is 0.145. The van der Waals surface area contributed by atoms with Gasteiger partial charge >= 0.3 is 0 Å². The summed E-state index contributed by atoms with van der Waals surface area (Å²) in [5.74, 6) is 0. The first-order valence-corrected chi connectivity index (χ1v) is 7.76. The van der Waals surface area contributed by atoms with Crippen molar-refractivity contribution >= 4 is 35.0 Å². The molecule has 0 saturated carbocycles. The van der Waals surface area contributed by atoms with Crippen LogP contribution in [0.3, 0.4) is 0 Å². The molecule has 0 radical (unpaired) electrons. The van der Waals surface area contributed by atoms with E-state index < -0.39 is 0 Å². The number of nitrogens with two attached hydrogens (primary N) is 1. The zero-order valence-electron chi connectivity index (χ0n) is 11.3. The van der Waals surface area contributed by atoms with E-state index in [-0.39, 0.29) is 11.5 Å². The van der Waals surface area contributed by atoms with Crippen LogP contribution in [0, 0.1) is 5.41 Å². The van der Waals surface area contributed by atoms with Crippen LogP contribution in [0.15, 0.2) is 23.1 Å². The zero-order valence-corrected chi connectivity index (χ0v) is 13.7. The topological polar surface area (TPSA) is 26.0 Å². The lowest BCUT2D eigenvalue weighted by Crippen LogP contribution is -2.40. The number of hydrogen-bond acceptors (Lipinski definition) is 2. The van der Waals surface area contributed by atoms with Gasteiger partial charge in [-0.2, -0.15) is 0 Å². The maximum Gasteiger partial charge on any atom is 0.0603 e. The Morgan fingerprint density at radius 3 is 2.28 bits per heavy atom. The van der Waals surface area contributed by atoms with Gasteiger partial charge in [-0.3, -0.25) is 0 Å². The highest BCUT2D eigenvalue weighted by molar-refractivity contribution is 8.00. The Balaban J connectivity index is 2.93. The van der Waals surface area contributed by atoms with Crippen LogP contribution in [0.2, 0.25) is 10.0 Å². The lowest BCUT2D eigenvalue weighted by atomic mass is 9.87. The van der Waals surface area contributed by atoms with Crippen molar-refractivity contribution in [2.45, 2.75) is 50.3 Å². The van der Waals surface area contributed by atoms with Crippen LogP contribution in [0.5, 0.6) is 0 Å². The first-order chi connectivity index (χ1) is 8.25. The second kappa shape index (κ2) is 6.51. The smallest absolute Gasteiger partial charge is 0.0603 e. The summed E-state index contributed by atoms with van der Waals surface area (Å²) in [5, 5.41) is 1.53. The molecule has 0 saturated heterocycles. The SMILES string of the molecule is CCC(N)C(Sc1ccc(Cl)c(Cl)c1)C(C)(C)C. The van der Waals surface area contributed by atoms with Crippen LogP contribution >= 0.6 is 35.0 Å². The molecule has 0 aliphatic carbocycles. The summed E-state index contributed by atoms with van der Waals surface area (Å²) in [6.45, 7) is 8.78. The van der Waals surface area contributed by atoms with E-state index >= 15 is 0 Å². The molecule has 0 aromatic heterocycles. The van der Waals surface area contributed by atoms with Gasteiger partial charge in [0.1, 0.15) is 0 Å². The fourth-order valence-electron chi connectivity index (χ4n) is 1.82. The van der Waals surface area contributed by atoms with Gasteiger partial charge in [-0.25, -0.2) is 0 Å². The predicted molar refractivity (Wildman–Crippen MR) is 83.8 cm³/mol. The largest absolute Gasteiger partial charge is 0.327 e. The average Bonchev–Trinajstić information content (AvgIpc) is 2.28. The molecule has 0 aliphatic rings. The van der Waals surface area contributed by atoms with Gasteiger partial charge in [0.05, 0.1) is 10.0 Å². The third-order valence-electron chi connectivity index (χ3n) is 2.87. The van der Waals surface area contributed by atoms with E-state index in [0.717, 1.165) is 11.3 Å². The number of benzene rings is 1. The van der Waals surface area contributed by atoms with Gasteiger partial charge in [0.25, 0.3) is 0 Å². The van der Waals surface area contributed by atoms with Crippen molar-refractivity contribution in [3.05, 3.63) is 28.2 Å². The molecule has 0 heterocycles. The van der Waals surface area contributed by atoms with E-state index in [4.69, 9.17) is 28.9 Å². The van der Waals surface area contributed by atoms with Crippen LogP contribution in [-0.2, 0) is 0 Å². The number of hydrogen-bond donors (Lipinski definition) is 1. The Bertz CT molecular complexity index is 401. The molecule has 0 amide bonds. The third-order valence-corrected chi connectivity index (χ3v) is 5.44. The van der Waals surface area contributed by atoms with Crippen molar-refractivity contribution in [2.24, 2.45) is 11.1 Å². The molecule has 2 atom stereocenters. The highest BCUT2D eigenvalue weighted by Crippen LogP contribution is 2.39. The van der Waals surface area contributed by atoms with E-state index in [0.29, 0.717) is 15.3 Å². The van der Waals surface area contributed by atoms with E-state index in [1.165, 1.54) is 0 Å². The molecule has 0 spiro atoms. The summed E-state index contributed by atoms with van der Waals surface area (Å²) < 4.78 is 0. The minimum absolute atomic E-state index is 0.145. The molecule has 4 heteroatoms. The molecular weight excluding hydrogens is 285 g/mol. The van der Waals surface area contributed by atoms with Gasteiger partial charge in [-0.05, 0) is 30.0 Å². The Kier molecular flexibility index (Phi) is 5.85. The van der Waals surface area contributed by atoms with Gasteiger partial charge in [0, 0.05) is 16.2 Å². The Hall–Kier alpha value is 0.110. The van der Waals surface area contributed by atoms with Crippen molar-refractivity contribution in [2.75, 3.05) is 0 Å². The van der Waals surface area contributed by atoms with Gasteiger partial charge in [0.15, 0.2) is 0 Å². The van der Waals surface area contributed by atoms with Crippen molar-refractivity contribution in [3.63, 3.8) is 0 Å². The van der Waals surface area contributed by atoms with Crippen LogP contribution < -0.4 is 5.73 Å². The third kappa shape index (κ3) is 4.34. The molecular formula is C14H21Cl2NS. The molecule has 102 valence electrons. The lowest BCUT2D eigenvalue weighted by Gasteiger charge is -2.34. The maximum absolute atomic E-state index is 6.24. The summed E-state index contributed by atoms with van der Waals surface area (Å²) in [6, 6.07) is 5.92. The second-order valence-electron chi connectivity index (χ2n) is 5.55. The zero-order chi connectivity index (χ0) is 13.9. The summed E-state index contributed by atoms with van der Waals surface area (Å²) in [6.07, 6.45) is 0.969. The Labute approximate surface area is 124 Å². The first kappa shape index (κ1) is 16.2. The fourth-order valence-corrected chi connectivity index (χ4v) is 3.53. The molecule has 0 fully saturated rings. The summed E-state index contributed by atoms with van der Waals surface area (Å²) in [7, 11) is 0. The fraction of sp³-hybridized carbons (Fsp3) is 0.571. The van der Waals surface area contributed by atoms with Gasteiger partial charge in [-0.1, -0.05) is 50.9 Å². The predicted octanol–water partition coefficient (Wildman–Crippen LogP) is 5.24. The van der Waals surface area contributed by atoms with Crippen LogP contribution in [0.4, 0.5) is 0 Å². The van der Waals surface area contributed by atoms with Crippen LogP contribution in [0.1, 0.15) is 34.1 Å². The summed E-state index contributed by atoms with van der Waals surface area (Å²) >= 11 is 13.8. The van der Waals surface area contributed by atoms with Gasteiger partial charge in [-0.15, -0.1) is 11.8 Å². The standard InChI is InChI=1S/C14H21Cl2NS/c1-5-12(17)13(14(2,3)4)18-9-6-7-10(15)11(16)8-9/h6-8,12-13H,5,17H2,1-4H3. The average molecular weight is 306 g/mol. The van der Waals surface area contributed by atoms with E-state index in [1.54, 1.807) is 11.8 Å². The quantitative estimate of drug-likeness (QED) is 0.770. The molecule has 2 unspecified atom stereocenters. The van der Waals surface area contributed by atoms with Crippen LogP contribution in [0.25, 0.3) is 0 Å². The highest BCUT2D eigenvalue weighted by atomic mass is 35.5. The van der Waals surface area contributed by atoms with Crippen molar-refractivity contribution in [3.8, 4) is 0 Å². The first-order valence-electron chi connectivity index (χ1n) is 6.13. The molecule has 1 rings (SSSR count). The number of thioether (sulfide) groups is 1. The lowest BCUT2D eigenvalue weighted by molar-refractivity contribution is 0.350.